The van der Waals surface area contributed by atoms with Gasteiger partial charge in [0.05, 0.1) is 0 Å². The van der Waals surface area contributed by atoms with Gasteiger partial charge in [0.15, 0.2) is 5.82 Å². The maximum atomic E-state index is 8.70. The number of nitrogens with zero attached hydrogens (tertiary/aromatic N) is 2. The lowest BCUT2D eigenvalue weighted by Gasteiger charge is -1.97. The number of benzene rings is 1. The zero-order chi connectivity index (χ0) is 12.8. The maximum absolute atomic E-state index is 8.70. The van der Waals surface area contributed by atoms with E-state index in [1.165, 1.54) is 11.1 Å². The molecule has 0 radical (unpaired) electrons. The van der Waals surface area contributed by atoms with E-state index in [0.717, 1.165) is 25.1 Å². The van der Waals surface area contributed by atoms with E-state index in [4.69, 9.17) is 9.63 Å². The molecule has 0 aliphatic heterocycles. The van der Waals surface area contributed by atoms with Crippen molar-refractivity contribution in [2.75, 3.05) is 6.61 Å². The van der Waals surface area contributed by atoms with Crippen LogP contribution in [0, 0.1) is 6.92 Å². The van der Waals surface area contributed by atoms with Gasteiger partial charge in [-0.3, -0.25) is 0 Å². The van der Waals surface area contributed by atoms with Crippen molar-refractivity contribution in [1.82, 2.24) is 10.1 Å². The van der Waals surface area contributed by atoms with Gasteiger partial charge in [0.2, 0.25) is 5.89 Å². The van der Waals surface area contributed by atoms with Crippen LogP contribution in [-0.4, -0.2) is 21.9 Å². The smallest absolute Gasteiger partial charge is 0.226 e. The first-order valence-electron chi connectivity index (χ1n) is 6.26. The van der Waals surface area contributed by atoms with Crippen molar-refractivity contribution in [1.29, 1.82) is 0 Å². The lowest BCUT2D eigenvalue weighted by atomic mass is 10.1. The number of aliphatic hydroxyl groups is 1. The minimum atomic E-state index is 0.213. The molecular formula is C14H18N2O2. The van der Waals surface area contributed by atoms with Crippen LogP contribution in [0.5, 0.6) is 0 Å². The molecule has 4 heteroatoms. The molecule has 0 atom stereocenters. The SMILES string of the molecule is Cc1ccc(Cc2noc(CCCCO)n2)cc1. The van der Waals surface area contributed by atoms with Crippen molar-refractivity contribution in [3.8, 4) is 0 Å². The summed E-state index contributed by atoms with van der Waals surface area (Å²) in [5.74, 6) is 1.38. The van der Waals surface area contributed by atoms with Crippen molar-refractivity contribution >= 4 is 0 Å². The molecule has 1 aromatic carbocycles. The third-order valence-corrected chi connectivity index (χ3v) is 2.79. The van der Waals surface area contributed by atoms with Gasteiger partial charge in [-0.05, 0) is 25.3 Å². The summed E-state index contributed by atoms with van der Waals surface area (Å²) in [5.41, 5.74) is 2.43. The molecule has 0 aliphatic rings. The Hall–Kier alpha value is -1.68. The summed E-state index contributed by atoms with van der Waals surface area (Å²) in [4.78, 5) is 4.34. The summed E-state index contributed by atoms with van der Waals surface area (Å²) in [5, 5.41) is 12.7. The Labute approximate surface area is 107 Å². The van der Waals surface area contributed by atoms with Crippen LogP contribution in [0.2, 0.25) is 0 Å². The summed E-state index contributed by atoms with van der Waals surface area (Å²) in [6, 6.07) is 8.32. The fraction of sp³-hybridized carbons (Fsp3) is 0.429. The highest BCUT2D eigenvalue weighted by Crippen LogP contribution is 2.09. The van der Waals surface area contributed by atoms with E-state index in [0.29, 0.717) is 12.3 Å². The molecule has 0 saturated carbocycles. The normalized spacial score (nSPS) is 10.8. The molecule has 0 bridgehead atoms. The number of unbranched alkanes of at least 4 members (excludes halogenated alkanes) is 1. The van der Waals surface area contributed by atoms with Crippen LogP contribution in [0.25, 0.3) is 0 Å². The maximum Gasteiger partial charge on any atom is 0.226 e. The summed E-state index contributed by atoms with van der Waals surface area (Å²) in [6.45, 7) is 2.28. The molecule has 96 valence electrons. The molecule has 0 spiro atoms. The molecule has 0 saturated heterocycles. The van der Waals surface area contributed by atoms with E-state index in [2.05, 4.69) is 41.3 Å². The van der Waals surface area contributed by atoms with Crippen molar-refractivity contribution in [2.24, 2.45) is 0 Å². The monoisotopic (exact) mass is 246 g/mol. The number of aromatic nitrogens is 2. The van der Waals surface area contributed by atoms with Gasteiger partial charge >= 0.3 is 0 Å². The van der Waals surface area contributed by atoms with E-state index >= 15 is 0 Å². The Kier molecular flexibility index (Phi) is 4.47. The highest BCUT2D eigenvalue weighted by Gasteiger charge is 2.06. The van der Waals surface area contributed by atoms with Gasteiger partial charge in [0.25, 0.3) is 0 Å². The Morgan fingerprint density at radius 3 is 2.67 bits per heavy atom. The molecule has 2 aromatic rings. The minimum absolute atomic E-state index is 0.213. The van der Waals surface area contributed by atoms with Gasteiger partial charge in [-0.2, -0.15) is 4.98 Å². The van der Waals surface area contributed by atoms with Crippen LogP contribution in [-0.2, 0) is 12.8 Å². The van der Waals surface area contributed by atoms with Gasteiger partial charge in [-0.25, -0.2) is 0 Å². The molecule has 0 fully saturated rings. The van der Waals surface area contributed by atoms with Crippen molar-refractivity contribution < 1.29 is 9.63 Å². The summed E-state index contributed by atoms with van der Waals surface area (Å²) in [6.07, 6.45) is 3.09. The van der Waals surface area contributed by atoms with E-state index in [9.17, 15) is 0 Å². The van der Waals surface area contributed by atoms with Crippen LogP contribution in [0.3, 0.4) is 0 Å². The first kappa shape index (κ1) is 12.8. The van der Waals surface area contributed by atoms with Gasteiger partial charge < -0.3 is 9.63 Å². The molecular weight excluding hydrogens is 228 g/mol. The molecule has 0 aliphatic carbocycles. The highest BCUT2D eigenvalue weighted by atomic mass is 16.5. The molecule has 1 N–H and O–H groups in total. The second kappa shape index (κ2) is 6.31. The van der Waals surface area contributed by atoms with Gasteiger partial charge in [-0.15, -0.1) is 0 Å². The predicted molar refractivity (Wildman–Crippen MR) is 68.3 cm³/mol. The number of aryl methyl sites for hydroxylation is 2. The lowest BCUT2D eigenvalue weighted by molar-refractivity contribution is 0.280. The molecule has 18 heavy (non-hydrogen) atoms. The third-order valence-electron chi connectivity index (χ3n) is 2.79. The van der Waals surface area contributed by atoms with Crippen LogP contribution in [0.15, 0.2) is 28.8 Å². The van der Waals surface area contributed by atoms with Gasteiger partial charge in [-0.1, -0.05) is 35.0 Å². The quantitative estimate of drug-likeness (QED) is 0.794. The van der Waals surface area contributed by atoms with Crippen LogP contribution in [0.1, 0.15) is 35.7 Å². The Morgan fingerprint density at radius 2 is 1.94 bits per heavy atom. The second-order valence-electron chi connectivity index (χ2n) is 4.45. The summed E-state index contributed by atoms with van der Waals surface area (Å²) < 4.78 is 5.16. The molecule has 0 amide bonds. The average molecular weight is 246 g/mol. The molecule has 2 rings (SSSR count). The highest BCUT2D eigenvalue weighted by molar-refractivity contribution is 5.23. The minimum Gasteiger partial charge on any atom is -0.396 e. The lowest BCUT2D eigenvalue weighted by Crippen LogP contribution is -1.92. The molecule has 0 unspecified atom stereocenters. The predicted octanol–water partition coefficient (Wildman–Crippen LogP) is 2.28. The Bertz CT molecular complexity index is 477. The Balaban J connectivity index is 1.91. The summed E-state index contributed by atoms with van der Waals surface area (Å²) >= 11 is 0. The average Bonchev–Trinajstić information content (AvgIpc) is 2.80. The second-order valence-corrected chi connectivity index (χ2v) is 4.45. The van der Waals surface area contributed by atoms with Crippen molar-refractivity contribution in [3.05, 3.63) is 47.1 Å². The van der Waals surface area contributed by atoms with Gasteiger partial charge in [0.1, 0.15) is 0 Å². The van der Waals surface area contributed by atoms with Crippen LogP contribution in [0.4, 0.5) is 0 Å². The van der Waals surface area contributed by atoms with Crippen molar-refractivity contribution in [2.45, 2.75) is 32.6 Å². The number of rotatable bonds is 6. The van der Waals surface area contributed by atoms with E-state index in [1.54, 1.807) is 0 Å². The van der Waals surface area contributed by atoms with Crippen LogP contribution < -0.4 is 0 Å². The van der Waals surface area contributed by atoms with E-state index in [-0.39, 0.29) is 6.61 Å². The molecule has 1 heterocycles. The number of hydrogen-bond acceptors (Lipinski definition) is 4. The Morgan fingerprint density at radius 1 is 1.17 bits per heavy atom. The fourth-order valence-electron chi connectivity index (χ4n) is 1.74. The summed E-state index contributed by atoms with van der Waals surface area (Å²) in [7, 11) is 0. The number of aliphatic hydroxyl groups excluding tert-OH is 1. The van der Waals surface area contributed by atoms with E-state index in [1.807, 2.05) is 0 Å². The van der Waals surface area contributed by atoms with E-state index < -0.39 is 0 Å². The van der Waals surface area contributed by atoms with Gasteiger partial charge in [0, 0.05) is 19.4 Å². The zero-order valence-electron chi connectivity index (χ0n) is 10.6. The largest absolute Gasteiger partial charge is 0.396 e. The molecule has 1 aromatic heterocycles. The first-order chi connectivity index (χ1) is 8.78. The van der Waals surface area contributed by atoms with Crippen LogP contribution >= 0.6 is 0 Å². The number of hydrogen-bond donors (Lipinski definition) is 1. The third kappa shape index (κ3) is 3.67. The fourth-order valence-corrected chi connectivity index (χ4v) is 1.74. The molecule has 4 nitrogen and oxygen atoms in total. The zero-order valence-corrected chi connectivity index (χ0v) is 10.6. The van der Waals surface area contributed by atoms with Crippen molar-refractivity contribution in [3.63, 3.8) is 0 Å². The first-order valence-corrected chi connectivity index (χ1v) is 6.26. The topological polar surface area (TPSA) is 59.2 Å². The standard InChI is InChI=1S/C14H18N2O2/c1-11-5-7-12(8-6-11)10-13-15-14(18-16-13)4-2-3-9-17/h5-8,17H,2-4,9-10H2,1H3.